The van der Waals surface area contributed by atoms with Crippen molar-refractivity contribution >= 4 is 0 Å². The van der Waals surface area contributed by atoms with E-state index < -0.39 is 0 Å². The fraction of sp³-hybridized carbons (Fsp3) is 0. The second-order valence-corrected chi connectivity index (χ2v) is 2.46. The van der Waals surface area contributed by atoms with Gasteiger partial charge in [-0.1, -0.05) is 5.21 Å². The van der Waals surface area contributed by atoms with Gasteiger partial charge in [0, 0.05) is 43.4 Å². The molecule has 86 valence electrons. The maximum Gasteiger partial charge on any atom is 0.115 e. The molecule has 0 saturated carbocycles. The van der Waals surface area contributed by atoms with E-state index in [1.54, 1.807) is 55.6 Å². The number of hydrogen-bond acceptors (Lipinski definition) is 6. The molecule has 0 aliphatic carbocycles. The molecule has 0 aromatic carbocycles. The molecule has 0 amide bonds. The summed E-state index contributed by atoms with van der Waals surface area (Å²) in [7, 11) is 0. The Balaban J connectivity index is 0.000000128. The zero-order valence-corrected chi connectivity index (χ0v) is 8.96. The monoisotopic (exact) mass is 229 g/mol. The van der Waals surface area contributed by atoms with Crippen molar-refractivity contribution in [2.75, 3.05) is 0 Å². The Kier molecular flexibility index (Phi) is 7.16. The number of H-pyrrole nitrogens is 1. The predicted octanol–water partition coefficient (Wildman–Crippen LogP) is 0.758. The minimum Gasteiger partial charge on any atom is -0.266 e. The van der Waals surface area contributed by atoms with Crippen molar-refractivity contribution in [1.29, 1.82) is 0 Å². The SMILES string of the molecule is c1c[nH]nn1.c1cnccn1.c1cncnc1. The van der Waals surface area contributed by atoms with Gasteiger partial charge in [-0.2, -0.15) is 0 Å². The first kappa shape index (κ1) is 12.4. The maximum absolute atomic E-state index is 3.72. The van der Waals surface area contributed by atoms with Crippen LogP contribution in [0.3, 0.4) is 0 Å². The molecule has 0 atom stereocenters. The molecule has 0 fully saturated rings. The Labute approximate surface area is 98.0 Å². The van der Waals surface area contributed by atoms with E-state index >= 15 is 0 Å². The standard InChI is InChI=1S/2C4H4N2.C2H3N3/c1-2-6-4-3-5-1;1-2-5-4-6-3-1;1-2-4-5-3-1/h2*1-4H;1-2H,(H,3,4,5). The minimum atomic E-state index is 1.50. The van der Waals surface area contributed by atoms with Crippen molar-refractivity contribution in [3.8, 4) is 0 Å². The highest BCUT2D eigenvalue weighted by atomic mass is 15.3. The molecular formula is C10H11N7. The Morgan fingerprint density at radius 1 is 0.647 bits per heavy atom. The lowest BCUT2D eigenvalue weighted by atomic mass is 10.7. The van der Waals surface area contributed by atoms with Gasteiger partial charge in [-0.15, -0.1) is 5.10 Å². The number of rotatable bonds is 0. The first-order valence-corrected chi connectivity index (χ1v) is 4.70. The number of nitrogens with zero attached hydrogens (tertiary/aromatic N) is 6. The van der Waals surface area contributed by atoms with Crippen molar-refractivity contribution in [3.63, 3.8) is 0 Å². The summed E-state index contributed by atoms with van der Waals surface area (Å²) in [5.74, 6) is 0. The van der Waals surface area contributed by atoms with Crippen molar-refractivity contribution in [3.05, 3.63) is 62.0 Å². The van der Waals surface area contributed by atoms with Crippen LogP contribution in [0.4, 0.5) is 0 Å². The van der Waals surface area contributed by atoms with E-state index in [4.69, 9.17) is 0 Å². The molecule has 3 aromatic heterocycles. The zero-order valence-electron chi connectivity index (χ0n) is 8.96. The second kappa shape index (κ2) is 9.84. The van der Waals surface area contributed by atoms with Crippen molar-refractivity contribution in [2.45, 2.75) is 0 Å². The van der Waals surface area contributed by atoms with Crippen LogP contribution >= 0.6 is 0 Å². The highest BCUT2D eigenvalue weighted by molar-refractivity contribution is 4.74. The molecule has 7 heteroatoms. The van der Waals surface area contributed by atoms with E-state index in [0.29, 0.717) is 0 Å². The highest BCUT2D eigenvalue weighted by Gasteiger charge is 1.60. The molecule has 0 saturated heterocycles. The molecule has 1 N–H and O–H groups in total. The minimum absolute atomic E-state index is 1.50. The number of hydrogen-bond donors (Lipinski definition) is 1. The summed E-state index contributed by atoms with van der Waals surface area (Å²) >= 11 is 0. The van der Waals surface area contributed by atoms with E-state index in [1.165, 1.54) is 6.33 Å². The topological polar surface area (TPSA) is 93.1 Å². The van der Waals surface area contributed by atoms with Gasteiger partial charge in [0.1, 0.15) is 6.33 Å². The summed E-state index contributed by atoms with van der Waals surface area (Å²) in [5.41, 5.74) is 0. The van der Waals surface area contributed by atoms with Gasteiger partial charge in [-0.25, -0.2) is 9.97 Å². The first-order chi connectivity index (χ1) is 8.50. The van der Waals surface area contributed by atoms with Crippen LogP contribution in [-0.2, 0) is 0 Å². The van der Waals surface area contributed by atoms with E-state index in [9.17, 15) is 0 Å². The molecule has 7 nitrogen and oxygen atoms in total. The molecule has 0 aliphatic heterocycles. The predicted molar refractivity (Wildman–Crippen MR) is 60.4 cm³/mol. The first-order valence-electron chi connectivity index (χ1n) is 4.70. The molecule has 0 bridgehead atoms. The Morgan fingerprint density at radius 3 is 1.47 bits per heavy atom. The van der Waals surface area contributed by atoms with Gasteiger partial charge in [0.2, 0.25) is 0 Å². The third-order valence-corrected chi connectivity index (χ3v) is 1.29. The Bertz CT molecular complexity index is 327. The lowest BCUT2D eigenvalue weighted by Gasteiger charge is -1.70. The number of aromatic amines is 1. The molecule has 0 spiro atoms. The van der Waals surface area contributed by atoms with Crippen molar-refractivity contribution in [1.82, 2.24) is 35.3 Å². The Hall–Kier alpha value is -2.70. The largest absolute Gasteiger partial charge is 0.266 e. The number of aromatic nitrogens is 7. The van der Waals surface area contributed by atoms with Gasteiger partial charge in [0.05, 0.1) is 6.20 Å². The average molecular weight is 229 g/mol. The van der Waals surface area contributed by atoms with Crippen LogP contribution in [-0.4, -0.2) is 35.3 Å². The summed E-state index contributed by atoms with van der Waals surface area (Å²) < 4.78 is 0. The van der Waals surface area contributed by atoms with Gasteiger partial charge in [-0.3, -0.25) is 15.1 Å². The zero-order chi connectivity index (χ0) is 12.0. The van der Waals surface area contributed by atoms with Gasteiger partial charge >= 0.3 is 0 Å². The normalized spacial score (nSPS) is 8.00. The lowest BCUT2D eigenvalue weighted by Crippen LogP contribution is -1.66. The van der Waals surface area contributed by atoms with E-state index in [2.05, 4.69) is 35.3 Å². The highest BCUT2D eigenvalue weighted by Crippen LogP contribution is 1.66. The summed E-state index contributed by atoms with van der Waals surface area (Å²) in [4.78, 5) is 14.8. The third-order valence-electron chi connectivity index (χ3n) is 1.29. The van der Waals surface area contributed by atoms with Crippen LogP contribution in [0.15, 0.2) is 62.0 Å². The fourth-order valence-corrected chi connectivity index (χ4v) is 0.673. The molecule has 3 heterocycles. The third kappa shape index (κ3) is 8.30. The van der Waals surface area contributed by atoms with Gasteiger partial charge < -0.3 is 0 Å². The molecule has 3 aromatic rings. The quantitative estimate of drug-likeness (QED) is 0.611. The van der Waals surface area contributed by atoms with Crippen LogP contribution in [0.5, 0.6) is 0 Å². The summed E-state index contributed by atoms with van der Waals surface area (Å²) in [5, 5.41) is 9.26. The van der Waals surface area contributed by atoms with E-state index in [1.807, 2.05) is 0 Å². The van der Waals surface area contributed by atoms with Gasteiger partial charge in [-0.05, 0) is 6.07 Å². The molecule has 0 radical (unpaired) electrons. The van der Waals surface area contributed by atoms with Crippen LogP contribution in [0, 0.1) is 0 Å². The van der Waals surface area contributed by atoms with Crippen molar-refractivity contribution in [2.24, 2.45) is 0 Å². The summed E-state index contributed by atoms with van der Waals surface area (Å²) in [6.07, 6.45) is 14.7. The smallest absolute Gasteiger partial charge is 0.115 e. The number of nitrogens with one attached hydrogen (secondary N) is 1. The van der Waals surface area contributed by atoms with Crippen LogP contribution in [0.2, 0.25) is 0 Å². The van der Waals surface area contributed by atoms with Gasteiger partial charge in [0.15, 0.2) is 0 Å². The Morgan fingerprint density at radius 2 is 1.29 bits per heavy atom. The van der Waals surface area contributed by atoms with E-state index in [-0.39, 0.29) is 0 Å². The molecular weight excluding hydrogens is 218 g/mol. The van der Waals surface area contributed by atoms with Crippen LogP contribution in [0.25, 0.3) is 0 Å². The molecule has 0 unspecified atom stereocenters. The van der Waals surface area contributed by atoms with Crippen molar-refractivity contribution < 1.29 is 0 Å². The second-order valence-electron chi connectivity index (χ2n) is 2.46. The molecule has 3 rings (SSSR count). The average Bonchev–Trinajstić information content (AvgIpc) is 3.03. The molecule has 0 aliphatic rings. The summed E-state index contributed by atoms with van der Waals surface area (Å²) in [6.45, 7) is 0. The summed E-state index contributed by atoms with van der Waals surface area (Å²) in [6, 6.07) is 1.78. The van der Waals surface area contributed by atoms with Crippen LogP contribution in [0.1, 0.15) is 0 Å². The van der Waals surface area contributed by atoms with Crippen LogP contribution < -0.4 is 0 Å². The lowest BCUT2D eigenvalue weighted by molar-refractivity contribution is 0.940. The van der Waals surface area contributed by atoms with Gasteiger partial charge in [0.25, 0.3) is 0 Å². The molecule has 17 heavy (non-hydrogen) atoms. The fourth-order valence-electron chi connectivity index (χ4n) is 0.673. The van der Waals surface area contributed by atoms with E-state index in [0.717, 1.165) is 0 Å². The maximum atomic E-state index is 3.72.